The summed E-state index contributed by atoms with van der Waals surface area (Å²) in [5.74, 6) is -2.50. The van der Waals surface area contributed by atoms with Gasteiger partial charge in [-0.2, -0.15) is 0 Å². The van der Waals surface area contributed by atoms with Gasteiger partial charge in [0.05, 0.1) is 20.8 Å². The van der Waals surface area contributed by atoms with Crippen molar-refractivity contribution in [2.24, 2.45) is 0 Å². The van der Waals surface area contributed by atoms with Crippen LogP contribution in [0.1, 0.15) is 12.8 Å². The predicted octanol–water partition coefficient (Wildman–Crippen LogP) is -2.90. The molecule has 0 radical (unpaired) electrons. The predicted molar refractivity (Wildman–Crippen MR) is 89.2 cm³/mol. The Morgan fingerprint density at radius 3 is 2.41 bits per heavy atom. The Balaban J connectivity index is 2.45. The lowest BCUT2D eigenvalue weighted by Crippen LogP contribution is -2.51. The smallest absolute Gasteiger partial charge is 0.407 e. The van der Waals surface area contributed by atoms with E-state index in [1.807, 2.05) is 0 Å². The number of ether oxygens (including phenoxy) is 2. The average molecular weight is 388 g/mol. The first-order valence-electron chi connectivity index (χ1n) is 8.21. The number of nitrogens with one attached hydrogen (secondary N) is 3. The Kier molecular flexibility index (Phi) is 8.99. The summed E-state index contributed by atoms with van der Waals surface area (Å²) >= 11 is 0. The minimum Gasteiger partial charge on any atom is -0.468 e. The topological polar surface area (TPSA) is 163 Å². The lowest BCUT2D eigenvalue weighted by atomic mass is 10.2. The van der Waals surface area contributed by atoms with Gasteiger partial charge in [0.15, 0.2) is 0 Å². The molecule has 0 aromatic rings. The van der Waals surface area contributed by atoms with Crippen LogP contribution in [0.25, 0.3) is 0 Å². The molecule has 0 aromatic carbocycles. The van der Waals surface area contributed by atoms with E-state index in [0.29, 0.717) is 19.4 Å². The summed E-state index contributed by atoms with van der Waals surface area (Å²) in [6, 6.07) is -0.762. The average Bonchev–Trinajstić information content (AvgIpc) is 3.17. The van der Waals surface area contributed by atoms with Crippen LogP contribution in [0.15, 0.2) is 0 Å². The number of esters is 1. The van der Waals surface area contributed by atoms with Crippen LogP contribution in [0, 0.1) is 0 Å². The van der Waals surface area contributed by atoms with Crippen LogP contribution in [0.3, 0.4) is 0 Å². The summed E-state index contributed by atoms with van der Waals surface area (Å²) in [5.41, 5.74) is 0. The van der Waals surface area contributed by atoms with Crippen molar-refractivity contribution < 1.29 is 38.6 Å². The van der Waals surface area contributed by atoms with Crippen LogP contribution in [-0.2, 0) is 28.7 Å². The van der Waals surface area contributed by atoms with Gasteiger partial charge in [0, 0.05) is 6.54 Å². The molecular weight excluding hydrogens is 364 g/mol. The van der Waals surface area contributed by atoms with Gasteiger partial charge < -0.3 is 35.4 Å². The van der Waals surface area contributed by atoms with E-state index in [2.05, 4.69) is 25.4 Å². The van der Waals surface area contributed by atoms with Gasteiger partial charge in [-0.05, 0) is 12.8 Å². The van der Waals surface area contributed by atoms with Gasteiger partial charge >= 0.3 is 12.1 Å². The summed E-state index contributed by atoms with van der Waals surface area (Å²) in [6.07, 6.45) is -1.31. The molecule has 1 heterocycles. The first-order chi connectivity index (χ1) is 12.8. The Morgan fingerprint density at radius 2 is 1.78 bits per heavy atom. The first kappa shape index (κ1) is 22.2. The number of nitrogens with zero attached hydrogens (tertiary/aromatic N) is 1. The Hall–Kier alpha value is -2.89. The second-order valence-electron chi connectivity index (χ2n) is 5.65. The van der Waals surface area contributed by atoms with Crippen molar-refractivity contribution in [3.05, 3.63) is 0 Å². The van der Waals surface area contributed by atoms with Crippen molar-refractivity contribution >= 4 is 29.8 Å². The van der Waals surface area contributed by atoms with Gasteiger partial charge in [-0.3, -0.25) is 19.2 Å². The third kappa shape index (κ3) is 7.09. The molecule has 4 N–H and O–H groups in total. The van der Waals surface area contributed by atoms with Crippen molar-refractivity contribution in [1.29, 1.82) is 0 Å². The molecular formula is C15H24N4O8. The first-order valence-corrected chi connectivity index (χ1v) is 8.21. The summed E-state index contributed by atoms with van der Waals surface area (Å²) < 4.78 is 8.72. The van der Waals surface area contributed by atoms with E-state index in [-0.39, 0.29) is 13.1 Å². The Morgan fingerprint density at radius 1 is 1.07 bits per heavy atom. The standard InChI is InChI=1S/C15H24N4O8/c1-26-12(22)8-17-14(24)10(20)6-16-13(23)9-4-3-5-19(9)11(21)7-18-15(25)27-2/h9-10,20H,3-8H2,1-2H3,(H,16,23)(H,17,24)(H,18,25). The highest BCUT2D eigenvalue weighted by atomic mass is 16.5. The van der Waals surface area contributed by atoms with Crippen LogP contribution >= 0.6 is 0 Å². The van der Waals surface area contributed by atoms with E-state index >= 15 is 0 Å². The minimum absolute atomic E-state index is 0.311. The third-order valence-electron chi connectivity index (χ3n) is 3.85. The van der Waals surface area contributed by atoms with Gasteiger partial charge in [0.1, 0.15) is 25.2 Å². The molecule has 4 amide bonds. The number of methoxy groups -OCH3 is 2. The SMILES string of the molecule is COC(=O)CNC(=O)C(O)CNC(=O)C1CCCN1C(=O)CNC(=O)OC. The maximum absolute atomic E-state index is 12.3. The molecule has 0 aliphatic carbocycles. The Bertz CT molecular complexity index is 582. The van der Waals surface area contributed by atoms with E-state index in [1.54, 1.807) is 0 Å². The van der Waals surface area contributed by atoms with Crippen molar-refractivity contribution in [3.63, 3.8) is 0 Å². The summed E-state index contributed by atoms with van der Waals surface area (Å²) in [5, 5.41) is 16.5. The molecule has 1 rings (SSSR count). The number of carbonyl (C=O) groups is 5. The summed E-state index contributed by atoms with van der Waals surface area (Å²) in [7, 11) is 2.32. The van der Waals surface area contributed by atoms with Gasteiger partial charge in [-0.15, -0.1) is 0 Å². The molecule has 2 unspecified atom stereocenters. The van der Waals surface area contributed by atoms with Gasteiger partial charge in [-0.25, -0.2) is 4.79 Å². The van der Waals surface area contributed by atoms with Crippen molar-refractivity contribution in [2.75, 3.05) is 40.4 Å². The maximum atomic E-state index is 12.3. The molecule has 0 aromatic heterocycles. The number of rotatable bonds is 8. The molecule has 152 valence electrons. The zero-order valence-electron chi connectivity index (χ0n) is 15.1. The number of alkyl carbamates (subject to hydrolysis) is 1. The van der Waals surface area contributed by atoms with Crippen molar-refractivity contribution in [1.82, 2.24) is 20.9 Å². The van der Waals surface area contributed by atoms with Crippen LogP contribution in [-0.4, -0.2) is 92.3 Å². The fourth-order valence-corrected chi connectivity index (χ4v) is 2.42. The maximum Gasteiger partial charge on any atom is 0.407 e. The highest BCUT2D eigenvalue weighted by Crippen LogP contribution is 2.17. The van der Waals surface area contributed by atoms with Crippen molar-refractivity contribution in [3.8, 4) is 0 Å². The number of hydrogen-bond donors (Lipinski definition) is 4. The summed E-state index contributed by atoms with van der Waals surface area (Å²) in [4.78, 5) is 59.3. The van der Waals surface area contributed by atoms with Gasteiger partial charge in [0.2, 0.25) is 11.8 Å². The van der Waals surface area contributed by atoms with Crippen LogP contribution < -0.4 is 16.0 Å². The highest BCUT2D eigenvalue weighted by molar-refractivity contribution is 5.90. The second kappa shape index (κ2) is 11.0. The normalized spacial score (nSPS) is 16.9. The fourth-order valence-electron chi connectivity index (χ4n) is 2.42. The van der Waals surface area contributed by atoms with Gasteiger partial charge in [0.25, 0.3) is 5.91 Å². The van der Waals surface area contributed by atoms with Crippen LogP contribution in [0.4, 0.5) is 4.79 Å². The van der Waals surface area contributed by atoms with Gasteiger partial charge in [-0.1, -0.05) is 0 Å². The van der Waals surface area contributed by atoms with Crippen LogP contribution in [0.5, 0.6) is 0 Å². The quantitative estimate of drug-likeness (QED) is 0.322. The van der Waals surface area contributed by atoms with Crippen molar-refractivity contribution in [2.45, 2.75) is 25.0 Å². The molecule has 0 saturated carbocycles. The zero-order valence-corrected chi connectivity index (χ0v) is 15.1. The molecule has 12 heteroatoms. The number of likely N-dealkylation sites (tertiary alicyclic amines) is 1. The third-order valence-corrected chi connectivity index (χ3v) is 3.85. The van der Waals surface area contributed by atoms with E-state index < -0.39 is 48.5 Å². The molecule has 1 fully saturated rings. The monoisotopic (exact) mass is 388 g/mol. The number of carbonyl (C=O) groups excluding carboxylic acids is 5. The molecule has 1 saturated heterocycles. The molecule has 0 bridgehead atoms. The lowest BCUT2D eigenvalue weighted by Gasteiger charge is -2.24. The fraction of sp³-hybridized carbons (Fsp3) is 0.667. The van der Waals surface area contributed by atoms with E-state index in [9.17, 15) is 29.1 Å². The Labute approximate surface area is 155 Å². The zero-order chi connectivity index (χ0) is 20.4. The molecule has 1 aliphatic heterocycles. The number of aliphatic hydroxyl groups is 1. The molecule has 0 spiro atoms. The molecule has 27 heavy (non-hydrogen) atoms. The summed E-state index contributed by atoms with van der Waals surface area (Å²) in [6.45, 7) is -0.750. The highest BCUT2D eigenvalue weighted by Gasteiger charge is 2.34. The number of hydrogen-bond acceptors (Lipinski definition) is 8. The minimum atomic E-state index is -1.56. The molecule has 12 nitrogen and oxygen atoms in total. The van der Waals surface area contributed by atoms with E-state index in [4.69, 9.17) is 0 Å². The van der Waals surface area contributed by atoms with E-state index in [0.717, 1.165) is 7.11 Å². The number of aliphatic hydroxyl groups excluding tert-OH is 1. The largest absolute Gasteiger partial charge is 0.468 e. The van der Waals surface area contributed by atoms with E-state index in [1.165, 1.54) is 12.0 Å². The lowest BCUT2D eigenvalue weighted by molar-refractivity contribution is -0.142. The molecule has 1 aliphatic rings. The van der Waals surface area contributed by atoms with Crippen LogP contribution in [0.2, 0.25) is 0 Å². The molecule has 2 atom stereocenters. The second-order valence-corrected chi connectivity index (χ2v) is 5.65. The number of amides is 4.